The van der Waals surface area contributed by atoms with E-state index in [2.05, 4.69) is 17.1 Å². The second kappa shape index (κ2) is 11.3. The van der Waals surface area contributed by atoms with Gasteiger partial charge < -0.3 is 14.8 Å². The number of rotatable bonds is 9. The van der Waals surface area contributed by atoms with Crippen molar-refractivity contribution in [3.8, 4) is 5.75 Å². The highest BCUT2D eigenvalue weighted by atomic mass is 32.2. The molecule has 2 aliphatic rings. The molecule has 2 atom stereocenters. The molecule has 1 N–H and O–H groups in total. The van der Waals surface area contributed by atoms with Gasteiger partial charge in [0.15, 0.2) is 0 Å². The predicted molar refractivity (Wildman–Crippen MR) is 119 cm³/mol. The monoisotopic (exact) mass is 453 g/mol. The Morgan fingerprint density at radius 1 is 1.16 bits per heavy atom. The largest absolute Gasteiger partial charge is 0.497 e. The average molecular weight is 454 g/mol. The van der Waals surface area contributed by atoms with Gasteiger partial charge in [-0.25, -0.2) is 8.42 Å². The van der Waals surface area contributed by atoms with Crippen molar-refractivity contribution in [3.63, 3.8) is 0 Å². The number of carbonyl (C=O) groups excluding carboxylic acids is 1. The first-order chi connectivity index (χ1) is 14.9. The molecule has 1 aromatic carbocycles. The van der Waals surface area contributed by atoms with Crippen molar-refractivity contribution < 1.29 is 22.7 Å². The Hall–Kier alpha value is -1.68. The predicted octanol–water partition coefficient (Wildman–Crippen LogP) is 1.57. The molecule has 174 valence electrons. The second-order valence-corrected chi connectivity index (χ2v) is 10.2. The van der Waals surface area contributed by atoms with Crippen molar-refractivity contribution in [1.82, 2.24) is 14.5 Å². The van der Waals surface area contributed by atoms with E-state index in [0.29, 0.717) is 38.2 Å². The molecule has 2 unspecified atom stereocenters. The van der Waals surface area contributed by atoms with Gasteiger partial charge in [-0.1, -0.05) is 13.3 Å². The van der Waals surface area contributed by atoms with Crippen LogP contribution in [0.3, 0.4) is 0 Å². The number of sulfonamides is 1. The maximum Gasteiger partial charge on any atom is 0.243 e. The van der Waals surface area contributed by atoms with E-state index < -0.39 is 10.0 Å². The third-order valence-corrected chi connectivity index (χ3v) is 8.26. The molecule has 3 rings (SSSR count). The number of piperidine rings is 1. The molecule has 31 heavy (non-hydrogen) atoms. The number of hydrogen-bond acceptors (Lipinski definition) is 6. The van der Waals surface area contributed by atoms with Crippen LogP contribution < -0.4 is 10.1 Å². The third kappa shape index (κ3) is 6.41. The van der Waals surface area contributed by atoms with Crippen LogP contribution >= 0.6 is 0 Å². The van der Waals surface area contributed by atoms with Crippen LogP contribution in [0.25, 0.3) is 0 Å². The highest BCUT2D eigenvalue weighted by Crippen LogP contribution is 2.32. The molecular formula is C22H35N3O5S. The second-order valence-electron chi connectivity index (χ2n) is 8.26. The summed E-state index contributed by atoms with van der Waals surface area (Å²) >= 11 is 0. The summed E-state index contributed by atoms with van der Waals surface area (Å²) in [5.74, 6) is 1.06. The topological polar surface area (TPSA) is 88.2 Å². The minimum Gasteiger partial charge on any atom is -0.497 e. The molecule has 2 saturated heterocycles. The van der Waals surface area contributed by atoms with Crippen LogP contribution in [-0.2, 0) is 19.6 Å². The van der Waals surface area contributed by atoms with E-state index in [0.717, 1.165) is 39.3 Å². The van der Waals surface area contributed by atoms with Crippen LogP contribution in [0.15, 0.2) is 29.2 Å². The van der Waals surface area contributed by atoms with Crippen LogP contribution in [0, 0.1) is 11.8 Å². The van der Waals surface area contributed by atoms with Gasteiger partial charge in [0.1, 0.15) is 5.75 Å². The summed E-state index contributed by atoms with van der Waals surface area (Å²) in [7, 11) is -1.99. The lowest BCUT2D eigenvalue weighted by molar-refractivity contribution is -0.122. The minimum atomic E-state index is -3.55. The number of methoxy groups -OCH3 is 1. The molecule has 0 saturated carbocycles. The van der Waals surface area contributed by atoms with Crippen molar-refractivity contribution >= 4 is 15.9 Å². The SMILES string of the molecule is CCC1CN(S(=O)(=O)c2ccc(OC)cc2)CCC1CC(=O)NCCN1CCOCC1. The molecule has 2 heterocycles. The maximum absolute atomic E-state index is 13.1. The highest BCUT2D eigenvalue weighted by molar-refractivity contribution is 7.89. The van der Waals surface area contributed by atoms with Crippen molar-refractivity contribution in [2.75, 3.05) is 59.6 Å². The summed E-state index contributed by atoms with van der Waals surface area (Å²) in [6.45, 7) is 7.77. The van der Waals surface area contributed by atoms with Crippen molar-refractivity contribution in [2.45, 2.75) is 31.1 Å². The molecule has 1 aromatic rings. The Labute approximate surface area is 185 Å². The van der Waals surface area contributed by atoms with Crippen LogP contribution in [0.2, 0.25) is 0 Å². The number of ether oxygens (including phenoxy) is 2. The summed E-state index contributed by atoms with van der Waals surface area (Å²) < 4.78 is 38.1. The van der Waals surface area contributed by atoms with Gasteiger partial charge >= 0.3 is 0 Å². The van der Waals surface area contributed by atoms with Gasteiger partial charge in [0.2, 0.25) is 15.9 Å². The highest BCUT2D eigenvalue weighted by Gasteiger charge is 2.35. The Bertz CT molecular complexity index is 809. The first kappa shape index (κ1) is 24.0. The van der Waals surface area contributed by atoms with Gasteiger partial charge in [0.25, 0.3) is 0 Å². The number of nitrogens with zero attached hydrogens (tertiary/aromatic N) is 2. The molecule has 2 fully saturated rings. The summed E-state index contributed by atoms with van der Waals surface area (Å²) in [5.41, 5.74) is 0. The summed E-state index contributed by atoms with van der Waals surface area (Å²) in [6.07, 6.45) is 2.00. The molecule has 9 heteroatoms. The molecule has 0 spiro atoms. The zero-order valence-electron chi connectivity index (χ0n) is 18.6. The fraction of sp³-hybridized carbons (Fsp3) is 0.682. The van der Waals surface area contributed by atoms with Gasteiger partial charge in [-0.05, 0) is 42.5 Å². The summed E-state index contributed by atoms with van der Waals surface area (Å²) in [4.78, 5) is 15.0. The Kier molecular flexibility index (Phi) is 8.71. The van der Waals surface area contributed by atoms with Crippen molar-refractivity contribution in [2.24, 2.45) is 11.8 Å². The van der Waals surface area contributed by atoms with Crippen LogP contribution in [0.1, 0.15) is 26.2 Å². The van der Waals surface area contributed by atoms with E-state index in [1.807, 2.05) is 0 Å². The van der Waals surface area contributed by atoms with Gasteiger partial charge in [-0.3, -0.25) is 9.69 Å². The first-order valence-corrected chi connectivity index (χ1v) is 12.6. The Morgan fingerprint density at radius 3 is 2.52 bits per heavy atom. The van der Waals surface area contributed by atoms with Crippen LogP contribution in [0.4, 0.5) is 0 Å². The molecule has 1 amide bonds. The summed E-state index contributed by atoms with van der Waals surface area (Å²) in [5, 5.41) is 3.03. The van der Waals surface area contributed by atoms with Gasteiger partial charge in [-0.15, -0.1) is 0 Å². The number of carbonyl (C=O) groups is 1. The zero-order chi connectivity index (χ0) is 22.3. The molecule has 2 aliphatic heterocycles. The lowest BCUT2D eigenvalue weighted by atomic mass is 9.82. The van der Waals surface area contributed by atoms with Crippen LogP contribution in [-0.4, -0.2) is 83.1 Å². The molecular weight excluding hydrogens is 418 g/mol. The average Bonchev–Trinajstić information content (AvgIpc) is 2.80. The number of amides is 1. The van der Waals surface area contributed by atoms with Crippen molar-refractivity contribution in [3.05, 3.63) is 24.3 Å². The molecule has 0 aromatic heterocycles. The van der Waals surface area contributed by atoms with Gasteiger partial charge in [0.05, 0.1) is 25.2 Å². The van der Waals surface area contributed by atoms with E-state index in [9.17, 15) is 13.2 Å². The Balaban J connectivity index is 1.50. The van der Waals surface area contributed by atoms with Crippen molar-refractivity contribution in [1.29, 1.82) is 0 Å². The molecule has 0 aliphatic carbocycles. The fourth-order valence-corrected chi connectivity index (χ4v) is 5.89. The maximum atomic E-state index is 13.1. The molecule has 0 radical (unpaired) electrons. The zero-order valence-corrected chi connectivity index (χ0v) is 19.4. The Morgan fingerprint density at radius 2 is 1.87 bits per heavy atom. The fourth-order valence-electron chi connectivity index (χ4n) is 4.38. The van der Waals surface area contributed by atoms with E-state index >= 15 is 0 Å². The number of morpholine rings is 1. The lowest BCUT2D eigenvalue weighted by Gasteiger charge is -2.37. The van der Waals surface area contributed by atoms with E-state index in [-0.39, 0.29) is 22.6 Å². The number of hydrogen-bond donors (Lipinski definition) is 1. The van der Waals surface area contributed by atoms with E-state index in [1.165, 1.54) is 0 Å². The lowest BCUT2D eigenvalue weighted by Crippen LogP contribution is -2.45. The third-order valence-electron chi connectivity index (χ3n) is 6.38. The number of benzene rings is 1. The first-order valence-electron chi connectivity index (χ1n) is 11.1. The number of nitrogens with one attached hydrogen (secondary N) is 1. The van der Waals surface area contributed by atoms with Gasteiger partial charge in [0, 0.05) is 45.7 Å². The van der Waals surface area contributed by atoms with E-state index in [1.54, 1.807) is 35.7 Å². The quantitative estimate of drug-likeness (QED) is 0.611. The summed E-state index contributed by atoms with van der Waals surface area (Å²) in [6, 6.07) is 6.50. The van der Waals surface area contributed by atoms with Crippen LogP contribution in [0.5, 0.6) is 5.75 Å². The van der Waals surface area contributed by atoms with E-state index in [4.69, 9.17) is 9.47 Å². The smallest absolute Gasteiger partial charge is 0.243 e. The molecule has 0 bridgehead atoms. The minimum absolute atomic E-state index is 0.0585. The molecule has 8 nitrogen and oxygen atoms in total. The normalized spacial score (nSPS) is 23.4. The van der Waals surface area contributed by atoms with Gasteiger partial charge in [-0.2, -0.15) is 4.31 Å². The standard InChI is InChI=1S/C22H35N3O5S/c1-3-18-17-25(31(27,28)21-6-4-20(29-2)5-7-21)10-8-19(18)16-22(26)23-9-11-24-12-14-30-15-13-24/h4-7,18-19H,3,8-17H2,1-2H3,(H,23,26).